The molecule has 3 rings (SSSR count). The van der Waals surface area contributed by atoms with E-state index in [1.54, 1.807) is 37.3 Å². The summed E-state index contributed by atoms with van der Waals surface area (Å²) in [5.41, 5.74) is 1.58. The van der Waals surface area contributed by atoms with Crippen molar-refractivity contribution in [1.29, 1.82) is 5.26 Å². The van der Waals surface area contributed by atoms with Crippen molar-refractivity contribution in [3.63, 3.8) is 0 Å². The SMILES string of the molecule is Cc1nc2ccc(NS(=O)(=O)c3ccccc3C#N)cc2o1. The predicted octanol–water partition coefficient (Wildman–Crippen LogP) is 2.81. The van der Waals surface area contributed by atoms with Gasteiger partial charge in [-0.2, -0.15) is 5.26 Å². The van der Waals surface area contributed by atoms with Crippen molar-refractivity contribution in [1.82, 2.24) is 4.98 Å². The number of aromatic nitrogens is 1. The third-order valence-electron chi connectivity index (χ3n) is 3.04. The van der Waals surface area contributed by atoms with Gasteiger partial charge in [0.2, 0.25) is 0 Å². The molecule has 0 radical (unpaired) electrons. The highest BCUT2D eigenvalue weighted by Crippen LogP contribution is 2.23. The molecule has 0 bridgehead atoms. The minimum Gasteiger partial charge on any atom is -0.441 e. The van der Waals surface area contributed by atoms with Crippen LogP contribution in [0.2, 0.25) is 0 Å². The van der Waals surface area contributed by atoms with E-state index in [-0.39, 0.29) is 10.5 Å². The van der Waals surface area contributed by atoms with Crippen LogP contribution in [0.25, 0.3) is 11.1 Å². The van der Waals surface area contributed by atoms with Crippen LogP contribution in [0, 0.1) is 18.3 Å². The molecule has 0 atom stereocenters. The highest BCUT2D eigenvalue weighted by molar-refractivity contribution is 7.92. The number of oxazole rings is 1. The molecule has 0 saturated carbocycles. The van der Waals surface area contributed by atoms with E-state index >= 15 is 0 Å². The topological polar surface area (TPSA) is 96.0 Å². The lowest BCUT2D eigenvalue weighted by Gasteiger charge is -2.08. The molecule has 1 aromatic heterocycles. The van der Waals surface area contributed by atoms with Gasteiger partial charge < -0.3 is 4.42 Å². The summed E-state index contributed by atoms with van der Waals surface area (Å²) in [7, 11) is -3.85. The summed E-state index contributed by atoms with van der Waals surface area (Å²) in [6, 6.07) is 12.7. The Hall–Kier alpha value is -2.85. The number of fused-ring (bicyclic) bond motifs is 1. The van der Waals surface area contributed by atoms with Gasteiger partial charge in [-0.25, -0.2) is 13.4 Å². The Morgan fingerprint density at radius 1 is 1.23 bits per heavy atom. The molecule has 0 aliphatic rings. The molecule has 0 aliphatic carbocycles. The first-order valence-corrected chi connectivity index (χ1v) is 7.87. The van der Waals surface area contributed by atoms with E-state index in [0.717, 1.165) is 0 Å². The number of aryl methyl sites for hydroxylation is 1. The fraction of sp³-hybridized carbons (Fsp3) is 0.0667. The minimum absolute atomic E-state index is 0.0636. The van der Waals surface area contributed by atoms with Crippen molar-refractivity contribution in [2.75, 3.05) is 4.72 Å². The first-order chi connectivity index (χ1) is 10.5. The lowest BCUT2D eigenvalue weighted by molar-refractivity contribution is 0.561. The van der Waals surface area contributed by atoms with E-state index in [4.69, 9.17) is 9.68 Å². The Bertz CT molecular complexity index is 1000. The highest BCUT2D eigenvalue weighted by atomic mass is 32.2. The molecule has 3 aromatic rings. The second-order valence-corrected chi connectivity index (χ2v) is 6.28. The van der Waals surface area contributed by atoms with Crippen LogP contribution in [0.4, 0.5) is 5.69 Å². The Morgan fingerprint density at radius 3 is 2.77 bits per heavy atom. The molecule has 1 heterocycles. The van der Waals surface area contributed by atoms with Crippen LogP contribution in [0.5, 0.6) is 0 Å². The first-order valence-electron chi connectivity index (χ1n) is 6.39. The summed E-state index contributed by atoms with van der Waals surface area (Å²) in [6.07, 6.45) is 0. The monoisotopic (exact) mass is 313 g/mol. The Balaban J connectivity index is 2.01. The summed E-state index contributed by atoms with van der Waals surface area (Å²) in [5, 5.41) is 9.03. The molecule has 110 valence electrons. The summed E-state index contributed by atoms with van der Waals surface area (Å²) in [5.74, 6) is 0.504. The minimum atomic E-state index is -3.85. The van der Waals surface area contributed by atoms with E-state index in [1.165, 1.54) is 12.1 Å². The second-order valence-electron chi connectivity index (χ2n) is 4.63. The average molecular weight is 313 g/mol. The van der Waals surface area contributed by atoms with Crippen molar-refractivity contribution in [2.24, 2.45) is 0 Å². The average Bonchev–Trinajstić information content (AvgIpc) is 2.86. The molecule has 22 heavy (non-hydrogen) atoms. The Kier molecular flexibility index (Phi) is 3.31. The smallest absolute Gasteiger partial charge is 0.263 e. The third kappa shape index (κ3) is 2.52. The molecule has 1 N–H and O–H groups in total. The lowest BCUT2D eigenvalue weighted by Crippen LogP contribution is -2.14. The summed E-state index contributed by atoms with van der Waals surface area (Å²) in [4.78, 5) is 4.09. The van der Waals surface area contributed by atoms with Gasteiger partial charge in [0.15, 0.2) is 11.5 Å². The number of nitriles is 1. The summed E-state index contributed by atoms with van der Waals surface area (Å²) >= 11 is 0. The predicted molar refractivity (Wildman–Crippen MR) is 80.7 cm³/mol. The Morgan fingerprint density at radius 2 is 2.00 bits per heavy atom. The van der Waals surface area contributed by atoms with Crippen LogP contribution in [0.1, 0.15) is 11.5 Å². The molecular weight excluding hydrogens is 302 g/mol. The summed E-state index contributed by atoms with van der Waals surface area (Å²) < 4.78 is 32.6. The van der Waals surface area contributed by atoms with Crippen molar-refractivity contribution in [3.05, 3.63) is 53.9 Å². The third-order valence-corrected chi connectivity index (χ3v) is 4.48. The van der Waals surface area contributed by atoms with Gasteiger partial charge in [-0.3, -0.25) is 4.72 Å². The van der Waals surface area contributed by atoms with Gasteiger partial charge in [0.1, 0.15) is 16.5 Å². The molecule has 0 saturated heterocycles. The van der Waals surface area contributed by atoms with E-state index in [0.29, 0.717) is 22.7 Å². The van der Waals surface area contributed by atoms with Gasteiger partial charge in [-0.1, -0.05) is 12.1 Å². The second kappa shape index (κ2) is 5.16. The number of sulfonamides is 1. The van der Waals surface area contributed by atoms with Crippen molar-refractivity contribution >= 4 is 26.8 Å². The summed E-state index contributed by atoms with van der Waals surface area (Å²) in [6.45, 7) is 1.72. The first kappa shape index (κ1) is 14.1. The number of benzene rings is 2. The number of nitrogens with one attached hydrogen (secondary N) is 1. The zero-order valence-electron chi connectivity index (χ0n) is 11.6. The van der Waals surface area contributed by atoms with Crippen molar-refractivity contribution in [3.8, 4) is 6.07 Å². The van der Waals surface area contributed by atoms with Crippen LogP contribution in [0.15, 0.2) is 51.8 Å². The number of rotatable bonds is 3. The van der Waals surface area contributed by atoms with E-state index < -0.39 is 10.0 Å². The molecule has 0 unspecified atom stereocenters. The largest absolute Gasteiger partial charge is 0.441 e. The standard InChI is InChI=1S/C15H11N3O3S/c1-10-17-13-7-6-12(8-14(13)21-10)18-22(19,20)15-5-3-2-4-11(15)9-16/h2-8,18H,1H3. The Labute approximate surface area is 127 Å². The molecule has 0 spiro atoms. The van der Waals surface area contributed by atoms with Gasteiger partial charge in [0.05, 0.1) is 11.3 Å². The maximum absolute atomic E-state index is 12.4. The van der Waals surface area contributed by atoms with Crippen molar-refractivity contribution < 1.29 is 12.8 Å². The molecule has 0 aliphatic heterocycles. The number of nitrogens with zero attached hydrogens (tertiary/aromatic N) is 2. The van der Waals surface area contributed by atoms with Gasteiger partial charge in [0.25, 0.3) is 10.0 Å². The van der Waals surface area contributed by atoms with Crippen LogP contribution in [0.3, 0.4) is 0 Å². The normalized spacial score (nSPS) is 11.3. The highest BCUT2D eigenvalue weighted by Gasteiger charge is 2.18. The molecule has 0 fully saturated rings. The lowest BCUT2D eigenvalue weighted by atomic mass is 10.2. The quantitative estimate of drug-likeness (QED) is 0.802. The molecular formula is C15H11N3O3S. The van der Waals surface area contributed by atoms with Crippen LogP contribution >= 0.6 is 0 Å². The number of hydrogen-bond acceptors (Lipinski definition) is 5. The molecule has 0 amide bonds. The van der Waals surface area contributed by atoms with Crippen molar-refractivity contribution in [2.45, 2.75) is 11.8 Å². The molecule has 7 heteroatoms. The number of hydrogen-bond donors (Lipinski definition) is 1. The maximum Gasteiger partial charge on any atom is 0.263 e. The van der Waals surface area contributed by atoms with Gasteiger partial charge in [0, 0.05) is 13.0 Å². The zero-order chi connectivity index (χ0) is 15.7. The fourth-order valence-corrected chi connectivity index (χ4v) is 3.31. The van der Waals surface area contributed by atoms with Crippen LogP contribution < -0.4 is 4.72 Å². The number of anilines is 1. The van der Waals surface area contributed by atoms with E-state index in [2.05, 4.69) is 9.71 Å². The van der Waals surface area contributed by atoms with Gasteiger partial charge >= 0.3 is 0 Å². The van der Waals surface area contributed by atoms with E-state index in [9.17, 15) is 8.42 Å². The zero-order valence-corrected chi connectivity index (χ0v) is 12.4. The van der Waals surface area contributed by atoms with Gasteiger partial charge in [-0.05, 0) is 24.3 Å². The van der Waals surface area contributed by atoms with E-state index in [1.807, 2.05) is 6.07 Å². The fourth-order valence-electron chi connectivity index (χ4n) is 2.11. The van der Waals surface area contributed by atoms with Gasteiger partial charge in [-0.15, -0.1) is 0 Å². The maximum atomic E-state index is 12.4. The molecule has 6 nitrogen and oxygen atoms in total. The molecule has 2 aromatic carbocycles. The van der Waals surface area contributed by atoms with Crippen LogP contribution in [-0.2, 0) is 10.0 Å². The van der Waals surface area contributed by atoms with Crippen LogP contribution in [-0.4, -0.2) is 13.4 Å².